The molecular formula is C17H20O. The number of benzene rings is 2. The van der Waals surface area contributed by atoms with E-state index in [1.807, 2.05) is 12.1 Å². The maximum Gasteiger partial charge on any atom is 0.115 e. The Morgan fingerprint density at radius 3 is 2.50 bits per heavy atom. The number of hydrogen-bond acceptors (Lipinski definition) is 1. The quantitative estimate of drug-likeness (QED) is 0.814. The van der Waals surface area contributed by atoms with E-state index in [0.29, 0.717) is 11.7 Å². The minimum absolute atomic E-state index is 0.363. The molecule has 2 aromatic carbocycles. The summed E-state index contributed by atoms with van der Waals surface area (Å²) in [6, 6.07) is 18.2. The van der Waals surface area contributed by atoms with Gasteiger partial charge in [0.05, 0.1) is 0 Å². The molecule has 2 rings (SSSR count). The van der Waals surface area contributed by atoms with E-state index < -0.39 is 0 Å². The molecule has 0 aliphatic rings. The van der Waals surface area contributed by atoms with Gasteiger partial charge in [-0.05, 0) is 48.4 Å². The van der Waals surface area contributed by atoms with Crippen molar-refractivity contribution in [1.29, 1.82) is 0 Å². The third-order valence-electron chi connectivity index (χ3n) is 3.38. The molecule has 0 saturated carbocycles. The molecule has 0 spiro atoms. The maximum atomic E-state index is 9.47. The molecule has 0 amide bonds. The Morgan fingerprint density at radius 2 is 1.78 bits per heavy atom. The van der Waals surface area contributed by atoms with Gasteiger partial charge in [0.15, 0.2) is 0 Å². The molecule has 1 atom stereocenters. The van der Waals surface area contributed by atoms with Crippen molar-refractivity contribution in [1.82, 2.24) is 0 Å². The first-order chi connectivity index (χ1) is 8.75. The number of aryl methyl sites for hydroxylation is 1. The van der Waals surface area contributed by atoms with Crippen molar-refractivity contribution < 1.29 is 5.11 Å². The molecule has 1 heteroatoms. The first-order valence-electron chi connectivity index (χ1n) is 6.58. The van der Waals surface area contributed by atoms with Crippen LogP contribution in [0, 0.1) is 0 Å². The van der Waals surface area contributed by atoms with Crippen LogP contribution in [-0.4, -0.2) is 5.11 Å². The predicted octanol–water partition coefficient (Wildman–Crippen LogP) is 4.52. The van der Waals surface area contributed by atoms with Crippen LogP contribution >= 0.6 is 0 Å². The smallest absolute Gasteiger partial charge is 0.115 e. The average Bonchev–Trinajstić information content (AvgIpc) is 2.40. The summed E-state index contributed by atoms with van der Waals surface area (Å²) < 4.78 is 0. The third-order valence-corrected chi connectivity index (χ3v) is 3.38. The van der Waals surface area contributed by atoms with Crippen molar-refractivity contribution in [3.8, 4) is 5.75 Å². The van der Waals surface area contributed by atoms with Gasteiger partial charge < -0.3 is 5.11 Å². The second-order valence-electron chi connectivity index (χ2n) is 4.87. The molecule has 1 unspecified atom stereocenters. The Balaban J connectivity index is 1.83. The van der Waals surface area contributed by atoms with Crippen LogP contribution < -0.4 is 0 Å². The lowest BCUT2D eigenvalue weighted by molar-refractivity contribution is 0.473. The minimum Gasteiger partial charge on any atom is -0.508 e. The highest BCUT2D eigenvalue weighted by Gasteiger charge is 2.05. The van der Waals surface area contributed by atoms with Crippen molar-refractivity contribution in [2.45, 2.75) is 32.1 Å². The summed E-state index contributed by atoms with van der Waals surface area (Å²) >= 11 is 0. The first kappa shape index (κ1) is 12.7. The van der Waals surface area contributed by atoms with Crippen molar-refractivity contribution >= 4 is 0 Å². The summed E-state index contributed by atoms with van der Waals surface area (Å²) in [5.41, 5.74) is 2.63. The summed E-state index contributed by atoms with van der Waals surface area (Å²) in [6.07, 6.45) is 3.46. The Bertz CT molecular complexity index is 476. The van der Waals surface area contributed by atoms with Crippen LogP contribution in [0.2, 0.25) is 0 Å². The molecule has 0 radical (unpaired) electrons. The SMILES string of the molecule is CC(CCCc1ccccc1)c1cccc(O)c1. The Morgan fingerprint density at radius 1 is 1.00 bits per heavy atom. The van der Waals surface area contributed by atoms with E-state index in [0.717, 1.165) is 12.8 Å². The molecule has 0 saturated heterocycles. The van der Waals surface area contributed by atoms with Crippen molar-refractivity contribution in [3.05, 3.63) is 65.7 Å². The highest BCUT2D eigenvalue weighted by atomic mass is 16.3. The third kappa shape index (κ3) is 3.63. The topological polar surface area (TPSA) is 20.2 Å². The lowest BCUT2D eigenvalue weighted by Crippen LogP contribution is -1.95. The average molecular weight is 240 g/mol. The number of phenols is 1. The van der Waals surface area contributed by atoms with Crippen molar-refractivity contribution in [2.24, 2.45) is 0 Å². The molecule has 2 aromatic rings. The van der Waals surface area contributed by atoms with Gasteiger partial charge in [0.25, 0.3) is 0 Å². The normalized spacial score (nSPS) is 12.3. The van der Waals surface area contributed by atoms with Crippen LogP contribution in [0.5, 0.6) is 5.75 Å². The van der Waals surface area contributed by atoms with Gasteiger partial charge in [0, 0.05) is 0 Å². The van der Waals surface area contributed by atoms with E-state index in [1.54, 1.807) is 6.07 Å². The van der Waals surface area contributed by atoms with Crippen LogP contribution in [0.4, 0.5) is 0 Å². The number of rotatable bonds is 5. The summed E-state index contributed by atoms with van der Waals surface area (Å²) in [5, 5.41) is 9.47. The van der Waals surface area contributed by atoms with Crippen LogP contribution in [0.15, 0.2) is 54.6 Å². The van der Waals surface area contributed by atoms with Crippen molar-refractivity contribution in [2.75, 3.05) is 0 Å². The molecular weight excluding hydrogens is 220 g/mol. The van der Waals surface area contributed by atoms with Crippen LogP contribution in [0.3, 0.4) is 0 Å². The highest BCUT2D eigenvalue weighted by molar-refractivity contribution is 5.29. The van der Waals surface area contributed by atoms with Gasteiger partial charge in [-0.25, -0.2) is 0 Å². The Kier molecular flexibility index (Phi) is 4.40. The number of aromatic hydroxyl groups is 1. The lowest BCUT2D eigenvalue weighted by atomic mass is 9.94. The number of hydrogen-bond donors (Lipinski definition) is 1. The predicted molar refractivity (Wildman–Crippen MR) is 75.9 cm³/mol. The van der Waals surface area contributed by atoms with E-state index >= 15 is 0 Å². The molecule has 1 nitrogen and oxygen atoms in total. The highest BCUT2D eigenvalue weighted by Crippen LogP contribution is 2.24. The molecule has 1 N–H and O–H groups in total. The zero-order valence-electron chi connectivity index (χ0n) is 10.8. The fraction of sp³-hybridized carbons (Fsp3) is 0.294. The number of phenolic OH excluding ortho intramolecular Hbond substituents is 1. The van der Waals surface area contributed by atoms with Crippen LogP contribution in [0.25, 0.3) is 0 Å². The van der Waals surface area contributed by atoms with Crippen LogP contribution in [-0.2, 0) is 6.42 Å². The van der Waals surface area contributed by atoms with E-state index in [4.69, 9.17) is 0 Å². The summed E-state index contributed by atoms with van der Waals surface area (Å²) in [6.45, 7) is 2.22. The zero-order valence-corrected chi connectivity index (χ0v) is 10.8. The van der Waals surface area contributed by atoms with Gasteiger partial charge in [0.2, 0.25) is 0 Å². The fourth-order valence-electron chi connectivity index (χ4n) is 2.26. The maximum absolute atomic E-state index is 9.47. The first-order valence-corrected chi connectivity index (χ1v) is 6.58. The van der Waals surface area contributed by atoms with Crippen molar-refractivity contribution in [3.63, 3.8) is 0 Å². The summed E-state index contributed by atoms with van der Waals surface area (Å²) in [7, 11) is 0. The van der Waals surface area contributed by atoms with E-state index in [2.05, 4.69) is 43.3 Å². The summed E-state index contributed by atoms with van der Waals surface area (Å²) in [5.74, 6) is 0.864. The summed E-state index contributed by atoms with van der Waals surface area (Å²) in [4.78, 5) is 0. The molecule has 0 fully saturated rings. The lowest BCUT2D eigenvalue weighted by Gasteiger charge is -2.12. The molecule has 94 valence electrons. The Labute approximate surface area is 109 Å². The van der Waals surface area contributed by atoms with Gasteiger partial charge in [-0.3, -0.25) is 0 Å². The Hall–Kier alpha value is -1.76. The zero-order chi connectivity index (χ0) is 12.8. The fourth-order valence-corrected chi connectivity index (χ4v) is 2.26. The second-order valence-corrected chi connectivity index (χ2v) is 4.87. The van der Waals surface area contributed by atoms with Gasteiger partial charge >= 0.3 is 0 Å². The van der Waals surface area contributed by atoms with E-state index in [-0.39, 0.29) is 0 Å². The van der Waals surface area contributed by atoms with Gasteiger partial charge in [0.1, 0.15) is 5.75 Å². The second kappa shape index (κ2) is 6.25. The largest absolute Gasteiger partial charge is 0.508 e. The molecule has 0 bridgehead atoms. The monoisotopic (exact) mass is 240 g/mol. The van der Waals surface area contributed by atoms with Crippen LogP contribution in [0.1, 0.15) is 36.8 Å². The van der Waals surface area contributed by atoms with E-state index in [1.165, 1.54) is 17.5 Å². The van der Waals surface area contributed by atoms with Gasteiger partial charge in [-0.2, -0.15) is 0 Å². The van der Waals surface area contributed by atoms with E-state index in [9.17, 15) is 5.11 Å². The molecule has 0 heterocycles. The molecule has 0 aliphatic carbocycles. The van der Waals surface area contributed by atoms with Gasteiger partial charge in [-0.1, -0.05) is 49.4 Å². The molecule has 18 heavy (non-hydrogen) atoms. The standard InChI is InChI=1S/C17H20O/c1-14(16-11-6-12-17(18)13-16)7-5-10-15-8-3-2-4-9-15/h2-4,6,8-9,11-14,18H,5,7,10H2,1H3. The van der Waals surface area contributed by atoms with Gasteiger partial charge in [-0.15, -0.1) is 0 Å². The molecule has 0 aliphatic heterocycles. The molecule has 0 aromatic heterocycles. The minimum atomic E-state index is 0.363.